The zero-order valence-corrected chi connectivity index (χ0v) is 28.8. The second-order valence-corrected chi connectivity index (χ2v) is 12.5. The topological polar surface area (TPSA) is 88.7 Å². The van der Waals surface area contributed by atoms with Crippen molar-refractivity contribution in [3.05, 3.63) is 59.7 Å². The lowest BCUT2D eigenvalue weighted by molar-refractivity contribution is 0.250. The molecule has 8 nitrogen and oxygen atoms in total. The molecule has 0 aliphatic carbocycles. The van der Waals surface area contributed by atoms with E-state index in [4.69, 9.17) is 0 Å². The smallest absolute Gasteiger partial charge is 0.319 e. The van der Waals surface area contributed by atoms with Crippen LogP contribution in [0, 0.1) is 0 Å². The monoisotopic (exact) mass is 622 g/mol. The number of urea groups is 2. The molecular weight excluding hydrogens is 560 g/mol. The number of amides is 4. The van der Waals surface area contributed by atoms with E-state index in [1.807, 2.05) is 36.4 Å². The van der Waals surface area contributed by atoms with E-state index in [2.05, 4.69) is 71.1 Å². The summed E-state index contributed by atoms with van der Waals surface area (Å²) < 4.78 is 0. The predicted molar refractivity (Wildman–Crippen MR) is 191 cm³/mol. The Morgan fingerprint density at radius 1 is 0.556 bits per heavy atom. The molecule has 0 radical (unpaired) electrons. The zero-order chi connectivity index (χ0) is 32.5. The van der Waals surface area contributed by atoms with Crippen molar-refractivity contribution in [2.45, 2.75) is 97.3 Å². The van der Waals surface area contributed by atoms with Gasteiger partial charge in [-0.3, -0.25) is 0 Å². The van der Waals surface area contributed by atoms with Gasteiger partial charge in [0.1, 0.15) is 0 Å². The molecule has 0 spiro atoms. The van der Waals surface area contributed by atoms with E-state index < -0.39 is 0 Å². The van der Waals surface area contributed by atoms with Crippen molar-refractivity contribution in [1.29, 1.82) is 0 Å². The highest BCUT2D eigenvalue weighted by molar-refractivity contribution is 5.89. The van der Waals surface area contributed by atoms with E-state index in [0.29, 0.717) is 19.5 Å². The van der Waals surface area contributed by atoms with E-state index in [0.717, 1.165) is 74.4 Å². The van der Waals surface area contributed by atoms with Crippen LogP contribution >= 0.6 is 0 Å². The molecule has 4 amide bonds. The van der Waals surface area contributed by atoms with Gasteiger partial charge in [-0.25, -0.2) is 9.59 Å². The summed E-state index contributed by atoms with van der Waals surface area (Å²) in [6.45, 7) is 10.2. The Hall–Kier alpha value is -3.10. The molecule has 0 saturated heterocycles. The standard InChI is InChI=1S/C37H62N6O2/c1-5-7-9-13-25-42(3)27-15-11-23-38-36(44)40-34-21-17-19-32(30-34)29-33-20-18-22-35(31-33)41-37(45)39-24-12-16-28-43(4)26-14-10-8-6-2/h17-22,30-31H,5-16,23-29H2,1-4H3,(H2,38,40,44)(H2,39,41,45). The molecule has 0 unspecified atom stereocenters. The molecule has 252 valence electrons. The molecular formula is C37H62N6O2. The molecule has 0 aliphatic heterocycles. The molecule has 0 fully saturated rings. The van der Waals surface area contributed by atoms with Gasteiger partial charge in [0.15, 0.2) is 0 Å². The fraction of sp³-hybridized carbons (Fsp3) is 0.622. The molecule has 2 rings (SSSR count). The van der Waals surface area contributed by atoms with Crippen LogP contribution in [0.25, 0.3) is 0 Å². The van der Waals surface area contributed by atoms with Crippen LogP contribution in [-0.2, 0) is 6.42 Å². The average molecular weight is 623 g/mol. The van der Waals surface area contributed by atoms with Gasteiger partial charge in [-0.1, -0.05) is 76.6 Å². The van der Waals surface area contributed by atoms with Crippen molar-refractivity contribution in [3.63, 3.8) is 0 Å². The number of nitrogens with zero attached hydrogens (tertiary/aromatic N) is 2. The number of hydrogen-bond acceptors (Lipinski definition) is 4. The third kappa shape index (κ3) is 19.1. The number of carbonyl (C=O) groups is 2. The number of unbranched alkanes of at least 4 members (excludes halogenated alkanes) is 8. The summed E-state index contributed by atoms with van der Waals surface area (Å²) >= 11 is 0. The van der Waals surface area contributed by atoms with Crippen LogP contribution in [0.15, 0.2) is 48.5 Å². The Balaban J connectivity index is 1.65. The summed E-state index contributed by atoms with van der Waals surface area (Å²) in [5, 5.41) is 11.9. The first kappa shape index (κ1) is 38.1. The normalized spacial score (nSPS) is 11.2. The molecule has 0 saturated carbocycles. The molecule has 0 aliphatic rings. The van der Waals surface area contributed by atoms with E-state index in [-0.39, 0.29) is 12.1 Å². The van der Waals surface area contributed by atoms with Crippen molar-refractivity contribution in [2.24, 2.45) is 0 Å². The Morgan fingerprint density at radius 2 is 0.956 bits per heavy atom. The second kappa shape index (κ2) is 24.2. The molecule has 2 aromatic rings. The lowest BCUT2D eigenvalue weighted by atomic mass is 10.0. The number of hydrogen-bond donors (Lipinski definition) is 4. The fourth-order valence-electron chi connectivity index (χ4n) is 5.36. The minimum Gasteiger partial charge on any atom is -0.338 e. The Labute approximate surface area is 274 Å². The highest BCUT2D eigenvalue weighted by Crippen LogP contribution is 2.18. The Morgan fingerprint density at radius 3 is 1.36 bits per heavy atom. The second-order valence-electron chi connectivity index (χ2n) is 12.5. The van der Waals surface area contributed by atoms with Crippen molar-refractivity contribution < 1.29 is 9.59 Å². The number of anilines is 2. The van der Waals surface area contributed by atoms with Crippen LogP contribution in [0.1, 0.15) is 102 Å². The molecule has 8 heteroatoms. The van der Waals surface area contributed by atoms with E-state index in [9.17, 15) is 9.59 Å². The van der Waals surface area contributed by atoms with Crippen molar-refractivity contribution in [1.82, 2.24) is 20.4 Å². The average Bonchev–Trinajstić information content (AvgIpc) is 3.01. The Kier molecular flexibility index (Phi) is 20.5. The number of rotatable bonds is 24. The maximum absolute atomic E-state index is 12.4. The van der Waals surface area contributed by atoms with Crippen LogP contribution in [-0.4, -0.2) is 75.2 Å². The molecule has 0 heterocycles. The third-order valence-corrected chi connectivity index (χ3v) is 8.07. The summed E-state index contributed by atoms with van der Waals surface area (Å²) in [6.07, 6.45) is 15.1. The largest absolute Gasteiger partial charge is 0.338 e. The van der Waals surface area contributed by atoms with E-state index in [1.54, 1.807) is 0 Å². The minimum atomic E-state index is -0.174. The highest BCUT2D eigenvalue weighted by Gasteiger charge is 2.06. The number of benzene rings is 2. The van der Waals surface area contributed by atoms with Crippen LogP contribution in [0.4, 0.5) is 21.0 Å². The molecule has 0 bridgehead atoms. The maximum atomic E-state index is 12.4. The third-order valence-electron chi connectivity index (χ3n) is 8.07. The lowest BCUT2D eigenvalue weighted by Gasteiger charge is -2.16. The van der Waals surface area contributed by atoms with Gasteiger partial charge in [0, 0.05) is 24.5 Å². The van der Waals surface area contributed by atoms with Gasteiger partial charge in [-0.2, -0.15) is 0 Å². The Bertz CT molecular complexity index is 995. The first-order valence-corrected chi connectivity index (χ1v) is 17.5. The molecule has 0 atom stereocenters. The molecule has 4 N–H and O–H groups in total. The molecule has 0 aromatic heterocycles. The van der Waals surface area contributed by atoms with Crippen LogP contribution in [0.2, 0.25) is 0 Å². The first-order valence-electron chi connectivity index (χ1n) is 17.5. The van der Waals surface area contributed by atoms with Gasteiger partial charge in [-0.05, 0) is 121 Å². The van der Waals surface area contributed by atoms with Gasteiger partial charge in [0.05, 0.1) is 0 Å². The molecule has 45 heavy (non-hydrogen) atoms. The van der Waals surface area contributed by atoms with Crippen molar-refractivity contribution >= 4 is 23.4 Å². The van der Waals surface area contributed by atoms with E-state index >= 15 is 0 Å². The SMILES string of the molecule is CCCCCCN(C)CCCCNC(=O)Nc1cccc(Cc2cccc(NC(=O)NCCCCN(C)CCCCCC)c2)c1. The number of nitrogens with one attached hydrogen (secondary N) is 4. The highest BCUT2D eigenvalue weighted by atomic mass is 16.2. The summed E-state index contributed by atoms with van der Waals surface area (Å²) in [7, 11) is 4.36. The first-order chi connectivity index (χ1) is 21.9. The summed E-state index contributed by atoms with van der Waals surface area (Å²) in [5.41, 5.74) is 3.72. The van der Waals surface area contributed by atoms with Gasteiger partial charge in [0.2, 0.25) is 0 Å². The summed E-state index contributed by atoms with van der Waals surface area (Å²) in [4.78, 5) is 29.7. The van der Waals surface area contributed by atoms with Gasteiger partial charge < -0.3 is 31.1 Å². The fourth-order valence-corrected chi connectivity index (χ4v) is 5.36. The van der Waals surface area contributed by atoms with Gasteiger partial charge in [0.25, 0.3) is 0 Å². The van der Waals surface area contributed by atoms with Crippen LogP contribution < -0.4 is 21.3 Å². The van der Waals surface area contributed by atoms with Gasteiger partial charge in [-0.15, -0.1) is 0 Å². The quantitative estimate of drug-likeness (QED) is 0.0891. The van der Waals surface area contributed by atoms with Crippen LogP contribution in [0.5, 0.6) is 0 Å². The van der Waals surface area contributed by atoms with Crippen molar-refractivity contribution in [3.8, 4) is 0 Å². The van der Waals surface area contributed by atoms with Crippen LogP contribution in [0.3, 0.4) is 0 Å². The van der Waals surface area contributed by atoms with E-state index in [1.165, 1.54) is 51.4 Å². The molecule has 2 aromatic carbocycles. The minimum absolute atomic E-state index is 0.174. The lowest BCUT2D eigenvalue weighted by Crippen LogP contribution is -2.30. The van der Waals surface area contributed by atoms with Gasteiger partial charge >= 0.3 is 12.1 Å². The summed E-state index contributed by atoms with van der Waals surface area (Å²) in [5.74, 6) is 0. The maximum Gasteiger partial charge on any atom is 0.319 e. The van der Waals surface area contributed by atoms with Crippen molar-refractivity contribution in [2.75, 3.05) is 64.0 Å². The number of carbonyl (C=O) groups excluding carboxylic acids is 2. The zero-order valence-electron chi connectivity index (χ0n) is 28.8. The summed E-state index contributed by atoms with van der Waals surface area (Å²) in [6, 6.07) is 15.5. The predicted octanol–water partition coefficient (Wildman–Crippen LogP) is 8.11.